The molecule has 0 saturated carbocycles. The van der Waals surface area contributed by atoms with Crippen LogP contribution in [0, 0.1) is 0 Å². The van der Waals surface area contributed by atoms with Gasteiger partial charge in [0.25, 0.3) is 0 Å². The number of fused-ring (bicyclic) bond motifs is 5. The van der Waals surface area contributed by atoms with Crippen LogP contribution in [0.15, 0.2) is 48.5 Å². The smallest absolute Gasteiger partial charge is 0.123 e. The van der Waals surface area contributed by atoms with E-state index in [2.05, 4.69) is 89.2 Å². The van der Waals surface area contributed by atoms with Crippen molar-refractivity contribution in [2.45, 2.75) is 52.6 Å². The lowest BCUT2D eigenvalue weighted by Gasteiger charge is -2.30. The fraction of sp³-hybridized carbons (Fsp3) is 0.391. The highest BCUT2D eigenvalue weighted by Crippen LogP contribution is 2.41. The van der Waals surface area contributed by atoms with Crippen LogP contribution in [0.1, 0.15) is 51.6 Å². The third kappa shape index (κ3) is 3.14. The van der Waals surface area contributed by atoms with Crippen LogP contribution in [0.2, 0.25) is 0 Å². The first-order chi connectivity index (χ1) is 13.2. The average Bonchev–Trinajstić information content (AvgIpc) is 3.14. The number of benzene rings is 2. The zero-order valence-corrected chi connectivity index (χ0v) is 16.5. The maximum atomic E-state index is 4.67. The van der Waals surface area contributed by atoms with Gasteiger partial charge in [-0.05, 0) is 31.4 Å². The Bertz CT molecular complexity index is 928. The molecule has 1 aliphatic heterocycles. The van der Waals surface area contributed by atoms with Gasteiger partial charge in [0, 0.05) is 29.9 Å². The van der Waals surface area contributed by atoms with Crippen LogP contribution in [0.3, 0.4) is 0 Å². The molecule has 4 rings (SSSR count). The van der Waals surface area contributed by atoms with Gasteiger partial charge in [-0.1, -0.05) is 67.9 Å². The second-order valence-electron chi connectivity index (χ2n) is 7.44. The van der Waals surface area contributed by atoms with Gasteiger partial charge in [0.2, 0.25) is 0 Å². The van der Waals surface area contributed by atoms with Crippen molar-refractivity contribution in [1.29, 1.82) is 0 Å². The second kappa shape index (κ2) is 7.55. The minimum absolute atomic E-state index is 0.317. The van der Waals surface area contributed by atoms with Crippen molar-refractivity contribution < 1.29 is 0 Å². The summed E-state index contributed by atoms with van der Waals surface area (Å²) in [4.78, 5) is 2.50. The predicted molar refractivity (Wildman–Crippen MR) is 112 cm³/mol. The molecular formula is C23H28N4. The molecule has 1 aromatic heterocycles. The molecule has 0 spiro atoms. The zero-order chi connectivity index (χ0) is 18.8. The molecule has 4 heteroatoms. The maximum Gasteiger partial charge on any atom is 0.123 e. The number of hydrogen-bond acceptors (Lipinski definition) is 3. The summed E-state index contributed by atoms with van der Waals surface area (Å²) in [5.41, 5.74) is 7.21. The van der Waals surface area contributed by atoms with Crippen molar-refractivity contribution in [2.24, 2.45) is 0 Å². The summed E-state index contributed by atoms with van der Waals surface area (Å²) in [6.45, 7) is 8.64. The van der Waals surface area contributed by atoms with E-state index in [-0.39, 0.29) is 0 Å². The van der Waals surface area contributed by atoms with E-state index in [0.29, 0.717) is 6.04 Å². The van der Waals surface area contributed by atoms with Crippen molar-refractivity contribution in [3.05, 3.63) is 54.1 Å². The van der Waals surface area contributed by atoms with E-state index < -0.39 is 0 Å². The Labute approximate surface area is 161 Å². The lowest BCUT2D eigenvalue weighted by atomic mass is 9.95. The molecule has 27 heavy (non-hydrogen) atoms. The SMILES string of the molecule is CCCCN1Cc2ccccc2-c2c(nnn2C(C)CC)-c2ccccc21. The number of nitrogens with zero attached hydrogens (tertiary/aromatic N) is 4. The fourth-order valence-corrected chi connectivity index (χ4v) is 3.89. The molecule has 1 atom stereocenters. The molecule has 0 radical (unpaired) electrons. The van der Waals surface area contributed by atoms with Gasteiger partial charge in [0.05, 0.1) is 11.7 Å². The highest BCUT2D eigenvalue weighted by Gasteiger charge is 2.27. The number of unbranched alkanes of at least 4 members (excludes halogenated alkanes) is 1. The highest BCUT2D eigenvalue weighted by atomic mass is 15.4. The van der Waals surface area contributed by atoms with Crippen LogP contribution < -0.4 is 4.90 Å². The van der Waals surface area contributed by atoms with E-state index in [1.54, 1.807) is 0 Å². The van der Waals surface area contributed by atoms with Crippen LogP contribution in [-0.2, 0) is 6.54 Å². The third-order valence-corrected chi connectivity index (χ3v) is 5.62. The lowest BCUT2D eigenvalue weighted by Crippen LogP contribution is -2.26. The van der Waals surface area contributed by atoms with Gasteiger partial charge in [-0.2, -0.15) is 0 Å². The predicted octanol–water partition coefficient (Wildman–Crippen LogP) is 5.70. The van der Waals surface area contributed by atoms with Gasteiger partial charge in [-0.15, -0.1) is 5.10 Å². The Morgan fingerprint density at radius 2 is 1.74 bits per heavy atom. The van der Waals surface area contributed by atoms with E-state index in [4.69, 9.17) is 0 Å². The van der Waals surface area contributed by atoms with Crippen molar-refractivity contribution in [1.82, 2.24) is 15.0 Å². The molecule has 0 aliphatic carbocycles. The lowest BCUT2D eigenvalue weighted by molar-refractivity contribution is 0.468. The standard InChI is InChI=1S/C23H28N4/c1-4-6-15-26-16-18-11-7-8-12-19(18)23-22(20-13-9-10-14-21(20)26)24-25-27(23)17(3)5-2/h7-14,17H,4-6,15-16H2,1-3H3. The van der Waals surface area contributed by atoms with Gasteiger partial charge in [-0.3, -0.25) is 0 Å². The normalized spacial score (nSPS) is 14.0. The summed E-state index contributed by atoms with van der Waals surface area (Å²) in [6, 6.07) is 17.7. The molecule has 140 valence electrons. The fourth-order valence-electron chi connectivity index (χ4n) is 3.89. The molecule has 0 fully saturated rings. The second-order valence-corrected chi connectivity index (χ2v) is 7.44. The van der Waals surface area contributed by atoms with Crippen molar-refractivity contribution >= 4 is 5.69 Å². The molecule has 3 aromatic rings. The molecule has 4 nitrogen and oxygen atoms in total. The third-order valence-electron chi connectivity index (χ3n) is 5.62. The van der Waals surface area contributed by atoms with Gasteiger partial charge >= 0.3 is 0 Å². The zero-order valence-electron chi connectivity index (χ0n) is 16.5. The maximum absolute atomic E-state index is 4.67. The Hall–Kier alpha value is -2.62. The molecule has 0 N–H and O–H groups in total. The quantitative estimate of drug-likeness (QED) is 0.585. The van der Waals surface area contributed by atoms with Crippen LogP contribution in [0.4, 0.5) is 5.69 Å². The van der Waals surface area contributed by atoms with Gasteiger partial charge < -0.3 is 4.90 Å². The Morgan fingerprint density at radius 3 is 2.52 bits per heavy atom. The minimum Gasteiger partial charge on any atom is -0.367 e. The van der Waals surface area contributed by atoms with Crippen molar-refractivity contribution in [2.75, 3.05) is 11.4 Å². The first kappa shape index (κ1) is 17.8. The first-order valence-corrected chi connectivity index (χ1v) is 10.1. The van der Waals surface area contributed by atoms with E-state index in [1.807, 2.05) is 0 Å². The Balaban J connectivity index is 1.98. The van der Waals surface area contributed by atoms with E-state index in [1.165, 1.54) is 35.2 Å². The molecule has 1 unspecified atom stereocenters. The summed E-state index contributed by atoms with van der Waals surface area (Å²) >= 11 is 0. The molecule has 2 aromatic carbocycles. The van der Waals surface area contributed by atoms with Crippen LogP contribution in [0.5, 0.6) is 0 Å². The molecule has 0 bridgehead atoms. The number of aromatic nitrogens is 3. The van der Waals surface area contributed by atoms with Crippen molar-refractivity contribution in [3.63, 3.8) is 0 Å². The molecular weight excluding hydrogens is 332 g/mol. The number of hydrogen-bond donors (Lipinski definition) is 0. The van der Waals surface area contributed by atoms with Gasteiger partial charge in [-0.25, -0.2) is 4.68 Å². The summed E-state index contributed by atoms with van der Waals surface area (Å²) < 4.78 is 2.12. The summed E-state index contributed by atoms with van der Waals surface area (Å²) in [5.74, 6) is 0. The molecule has 2 heterocycles. The van der Waals surface area contributed by atoms with Crippen LogP contribution in [-0.4, -0.2) is 21.5 Å². The summed E-state index contributed by atoms with van der Waals surface area (Å²) in [5, 5.41) is 9.25. The minimum atomic E-state index is 0.317. The molecule has 1 aliphatic rings. The van der Waals surface area contributed by atoms with Gasteiger partial charge in [0.1, 0.15) is 5.69 Å². The van der Waals surface area contributed by atoms with Gasteiger partial charge in [0.15, 0.2) is 0 Å². The van der Waals surface area contributed by atoms with Crippen molar-refractivity contribution in [3.8, 4) is 22.5 Å². The van der Waals surface area contributed by atoms with Crippen LogP contribution >= 0.6 is 0 Å². The Morgan fingerprint density at radius 1 is 1.00 bits per heavy atom. The number of anilines is 1. The van der Waals surface area contributed by atoms with Crippen LogP contribution in [0.25, 0.3) is 22.5 Å². The number of rotatable bonds is 5. The average molecular weight is 361 g/mol. The molecule has 0 amide bonds. The topological polar surface area (TPSA) is 34.0 Å². The van der Waals surface area contributed by atoms with E-state index in [9.17, 15) is 0 Å². The summed E-state index contributed by atoms with van der Waals surface area (Å²) in [7, 11) is 0. The largest absolute Gasteiger partial charge is 0.367 e. The van der Waals surface area contributed by atoms with E-state index >= 15 is 0 Å². The summed E-state index contributed by atoms with van der Waals surface area (Å²) in [6.07, 6.45) is 3.40. The monoisotopic (exact) mass is 360 g/mol. The first-order valence-electron chi connectivity index (χ1n) is 10.1. The van der Waals surface area contributed by atoms with E-state index in [0.717, 1.165) is 30.9 Å². The number of para-hydroxylation sites is 1. The Kier molecular flexibility index (Phi) is 4.97. The molecule has 0 saturated heterocycles. The highest BCUT2D eigenvalue weighted by molar-refractivity contribution is 5.88.